The number of unbranched alkanes of at least 4 members (excludes halogenated alkanes) is 40. The smallest absolute Gasteiger partial charge is 0.463 e. The van der Waals surface area contributed by atoms with E-state index in [0.717, 1.165) is 154 Å². The van der Waals surface area contributed by atoms with Gasteiger partial charge in [-0.05, 0) is 141 Å². The summed E-state index contributed by atoms with van der Waals surface area (Å²) in [6.07, 6.45) is 112. The van der Waals surface area contributed by atoms with Gasteiger partial charge in [0.15, 0.2) is 6.10 Å². The summed E-state index contributed by atoms with van der Waals surface area (Å²) in [5.74, 6) is -1.57. The van der Waals surface area contributed by atoms with Crippen LogP contribution in [0.5, 0.6) is 0 Å². The minimum atomic E-state index is -4.94. The van der Waals surface area contributed by atoms with E-state index >= 15 is 0 Å². The van der Waals surface area contributed by atoms with E-state index in [1.54, 1.807) is 0 Å². The van der Waals surface area contributed by atoms with E-state index in [4.69, 9.17) is 32.3 Å². The van der Waals surface area contributed by atoms with Crippen molar-refractivity contribution in [2.75, 3.05) is 39.6 Å². The summed E-state index contributed by atoms with van der Waals surface area (Å²) < 4.78 is 61.4. The van der Waals surface area contributed by atoms with Crippen LogP contribution < -0.4 is 0 Å². The van der Waals surface area contributed by atoms with Crippen LogP contribution in [0.4, 0.5) is 0 Å². The third kappa shape index (κ3) is 90.0. The molecule has 0 aromatic rings. The first-order valence-electron chi connectivity index (χ1n) is 46.1. The third-order valence-electron chi connectivity index (χ3n) is 19.5. The predicted octanol–water partition coefficient (Wildman–Crippen LogP) is 28.3. The summed E-state index contributed by atoms with van der Waals surface area (Å²) in [7, 11) is -9.80. The Morgan fingerprint density at radius 2 is 0.461 bits per heavy atom. The second kappa shape index (κ2) is 88.7. The summed E-state index contributed by atoms with van der Waals surface area (Å²) in [6.45, 7) is 2.48. The van der Waals surface area contributed by atoms with E-state index < -0.39 is 91.5 Å². The quantitative estimate of drug-likeness (QED) is 0.0146. The molecule has 0 aliphatic heterocycles. The van der Waals surface area contributed by atoms with Crippen molar-refractivity contribution in [3.05, 3.63) is 146 Å². The average molecular weight is 1650 g/mol. The first-order valence-corrected chi connectivity index (χ1v) is 49.1. The number of hydrogen-bond acceptors (Lipinski definition) is 14. The maximum atomic E-state index is 13.0. The lowest BCUT2D eigenvalue weighted by Gasteiger charge is -2.21. The molecule has 0 heterocycles. The average Bonchev–Trinajstić information content (AvgIpc) is 0.901. The number of hydrogen-bond donors (Lipinski definition) is 4. The second-order valence-electron chi connectivity index (χ2n) is 30.7. The highest BCUT2D eigenvalue weighted by Gasteiger charge is 2.29. The maximum Gasteiger partial charge on any atom is 0.472 e. The van der Waals surface area contributed by atoms with Gasteiger partial charge in [0.25, 0.3) is 0 Å². The van der Waals surface area contributed by atoms with Crippen LogP contribution in [0.3, 0.4) is 0 Å². The summed E-state index contributed by atoms with van der Waals surface area (Å²) in [5.41, 5.74) is 0. The Kier molecular flexibility index (Phi) is 85.2. The Morgan fingerprint density at radius 1 is 0.252 bits per heavy atom. The monoisotopic (exact) mass is 1650 g/mol. The molecule has 16 nitrogen and oxygen atoms in total. The van der Waals surface area contributed by atoms with Crippen LogP contribution >= 0.6 is 15.6 Å². The molecule has 0 aromatic carbocycles. The summed E-state index contributed by atoms with van der Waals surface area (Å²) in [5, 5.41) is 20.7. The van der Waals surface area contributed by atoms with Crippen molar-refractivity contribution in [3.63, 3.8) is 0 Å². The Labute approximate surface area is 702 Å². The number of carbonyl (C=O) groups excluding carboxylic acids is 3. The van der Waals surface area contributed by atoms with Crippen molar-refractivity contribution < 1.29 is 75.8 Å². The van der Waals surface area contributed by atoms with Crippen molar-refractivity contribution in [3.8, 4) is 0 Å². The first kappa shape index (κ1) is 110. The Hall–Kier alpha value is -4.57. The van der Waals surface area contributed by atoms with E-state index in [0.29, 0.717) is 19.3 Å². The molecule has 18 heteroatoms. The van der Waals surface area contributed by atoms with Crippen LogP contribution in [0.1, 0.15) is 393 Å². The molecular weight excluding hydrogens is 1480 g/mol. The molecule has 5 unspecified atom stereocenters. The number of ether oxygens (including phenoxy) is 3. The standard InChI is InChI=1S/C97H168O16P2/c1-4-7-10-13-16-19-22-25-27-29-31-33-35-37-39-41-43-45-47-49-51-53-55-57-59-61-63-66-68-71-74-77-80-83-95(100)107-86-92(98)87-109-114(103,104)110-88-93(99)89-111-115(105,106)112-91-94(113-97(102)85-82-79-76-73-70-65-24-21-18-15-12-9-6-3)90-108-96(101)84-81-78-75-72-69-67-64-62-60-58-56-54-52-50-48-46-44-42-40-38-36-34-32-30-28-26-23-20-17-14-11-8-5-2/h7-8,10-11,16-17,19-21,24-28,31-34,37-40,43,45,92-94,98-99H,4-6,9,12-15,18,22-23,29-30,35-36,41-42,44,46-91H2,1-3H3,(H,103,104)(H,105,106)/b10-7-,11-8-,19-16-,20-17-,24-21-,27-25-,28-26-,33-31-,34-32-,39-37-,40-38-,45-43-. The lowest BCUT2D eigenvalue weighted by atomic mass is 10.0. The Balaban J connectivity index is 4.39. The molecule has 5 atom stereocenters. The van der Waals surface area contributed by atoms with Gasteiger partial charge in [-0.2, -0.15) is 0 Å². The zero-order chi connectivity index (χ0) is 83.6. The molecule has 0 amide bonds. The van der Waals surface area contributed by atoms with Gasteiger partial charge in [0.1, 0.15) is 25.4 Å². The fourth-order valence-corrected chi connectivity index (χ4v) is 14.2. The second-order valence-corrected chi connectivity index (χ2v) is 33.6. The third-order valence-corrected chi connectivity index (χ3v) is 21.4. The molecule has 0 aliphatic rings. The van der Waals surface area contributed by atoms with Crippen LogP contribution in [0.15, 0.2) is 146 Å². The van der Waals surface area contributed by atoms with Crippen molar-refractivity contribution in [1.29, 1.82) is 0 Å². The summed E-state index contributed by atoms with van der Waals surface area (Å²) in [4.78, 5) is 58.9. The van der Waals surface area contributed by atoms with Crippen molar-refractivity contribution >= 4 is 33.6 Å². The van der Waals surface area contributed by atoms with E-state index in [1.807, 2.05) is 0 Å². The van der Waals surface area contributed by atoms with Crippen LogP contribution in [-0.2, 0) is 55.8 Å². The number of aliphatic hydroxyl groups excluding tert-OH is 2. The zero-order valence-electron chi connectivity index (χ0n) is 72.9. The summed E-state index contributed by atoms with van der Waals surface area (Å²) >= 11 is 0. The highest BCUT2D eigenvalue weighted by molar-refractivity contribution is 7.47. The number of esters is 3. The van der Waals surface area contributed by atoms with Crippen LogP contribution in [-0.4, -0.2) is 95.9 Å². The van der Waals surface area contributed by atoms with Gasteiger partial charge in [0, 0.05) is 19.3 Å². The van der Waals surface area contributed by atoms with Crippen molar-refractivity contribution in [2.24, 2.45) is 0 Å². The molecule has 0 saturated carbocycles. The Bertz CT molecular complexity index is 2670. The highest BCUT2D eigenvalue weighted by Crippen LogP contribution is 2.45. The molecule has 0 fully saturated rings. The van der Waals surface area contributed by atoms with Gasteiger partial charge in [-0.25, -0.2) is 9.13 Å². The number of phosphoric acid groups is 2. The van der Waals surface area contributed by atoms with Crippen molar-refractivity contribution in [2.45, 2.75) is 411 Å². The number of phosphoric ester groups is 2. The molecule has 0 spiro atoms. The van der Waals surface area contributed by atoms with Crippen LogP contribution in [0.2, 0.25) is 0 Å². The lowest BCUT2D eigenvalue weighted by Crippen LogP contribution is -2.30. The van der Waals surface area contributed by atoms with Gasteiger partial charge in [-0.15, -0.1) is 0 Å². The number of carbonyl (C=O) groups is 3. The summed E-state index contributed by atoms with van der Waals surface area (Å²) in [6, 6.07) is 0. The van der Waals surface area contributed by atoms with Gasteiger partial charge in [0.2, 0.25) is 0 Å². The SMILES string of the molecule is CC/C=C\C/C=C\C/C=C\C/C=C\C/C=C\C/C=C\CCCCCCCCCCCCCCCCC(=O)OCC(O)COP(=O)(O)OCC(O)COP(=O)(O)OCC(COC(=O)CCCCCCCCCCCCCCCCCCC/C=C\C/C=C\C/C=C\C/C=C\C/C=C\CC)OC(=O)CCCCCCC/C=C\CCCCCC. The fraction of sp³-hybridized carbons (Fsp3) is 0.722. The minimum absolute atomic E-state index is 0.0952. The molecule has 4 N–H and O–H groups in total. The predicted molar refractivity (Wildman–Crippen MR) is 482 cm³/mol. The molecular formula is C97H168O16P2. The highest BCUT2D eigenvalue weighted by atomic mass is 31.2. The van der Waals surface area contributed by atoms with Gasteiger partial charge >= 0.3 is 33.6 Å². The molecule has 0 aromatic heterocycles. The number of aliphatic hydroxyl groups is 2. The van der Waals surface area contributed by atoms with E-state index in [1.165, 1.54) is 180 Å². The van der Waals surface area contributed by atoms with Gasteiger partial charge in [0.05, 0.1) is 26.4 Å². The van der Waals surface area contributed by atoms with E-state index in [9.17, 15) is 43.5 Å². The maximum absolute atomic E-state index is 13.0. The molecule has 662 valence electrons. The largest absolute Gasteiger partial charge is 0.472 e. The number of allylic oxidation sites excluding steroid dienone is 24. The molecule has 0 bridgehead atoms. The fourth-order valence-electron chi connectivity index (χ4n) is 12.6. The lowest BCUT2D eigenvalue weighted by molar-refractivity contribution is -0.161. The van der Waals surface area contributed by atoms with Crippen LogP contribution in [0.25, 0.3) is 0 Å². The molecule has 0 rings (SSSR count). The van der Waals surface area contributed by atoms with E-state index in [2.05, 4.69) is 167 Å². The van der Waals surface area contributed by atoms with Gasteiger partial charge in [-0.3, -0.25) is 32.5 Å². The molecule has 0 aliphatic carbocycles. The van der Waals surface area contributed by atoms with Gasteiger partial charge in [-0.1, -0.05) is 378 Å². The topological polar surface area (TPSA) is 231 Å². The molecule has 115 heavy (non-hydrogen) atoms. The molecule has 0 radical (unpaired) electrons. The first-order chi connectivity index (χ1) is 56.2. The van der Waals surface area contributed by atoms with E-state index in [-0.39, 0.29) is 19.3 Å². The zero-order valence-corrected chi connectivity index (χ0v) is 74.7. The van der Waals surface area contributed by atoms with Crippen LogP contribution in [0, 0.1) is 0 Å². The van der Waals surface area contributed by atoms with Gasteiger partial charge < -0.3 is 34.2 Å². The minimum Gasteiger partial charge on any atom is -0.463 e. The number of rotatable bonds is 87. The normalized spacial score (nSPS) is 14.5. The Morgan fingerprint density at radius 3 is 0.739 bits per heavy atom. The van der Waals surface area contributed by atoms with Crippen molar-refractivity contribution in [1.82, 2.24) is 0 Å². The molecule has 0 saturated heterocycles.